The van der Waals surface area contributed by atoms with Crippen LogP contribution in [0.4, 0.5) is 13.2 Å². The number of rotatable bonds is 3. The lowest BCUT2D eigenvalue weighted by molar-refractivity contribution is -0.151. The summed E-state index contributed by atoms with van der Waals surface area (Å²) in [5.41, 5.74) is -5.57. The number of esters is 1. The Morgan fingerprint density at radius 3 is 2.55 bits per heavy atom. The fourth-order valence-corrected chi connectivity index (χ4v) is 3.03. The second-order valence-electron chi connectivity index (χ2n) is 4.81. The van der Waals surface area contributed by atoms with Crippen molar-refractivity contribution in [3.63, 3.8) is 0 Å². The van der Waals surface area contributed by atoms with Crippen LogP contribution >= 0.6 is 0 Å². The molecule has 0 aromatic heterocycles. The molecule has 1 saturated heterocycles. The molecule has 1 fully saturated rings. The molecule has 1 amide bonds. The smallest absolute Gasteiger partial charge is 0.467 e. The number of carbonyl (C=O) groups excluding carboxylic acids is 2. The predicted octanol–water partition coefficient (Wildman–Crippen LogP) is 0.673. The maximum absolute atomic E-state index is 12.3. The highest BCUT2D eigenvalue weighted by atomic mass is 32.2. The highest BCUT2D eigenvalue weighted by molar-refractivity contribution is 7.87. The highest BCUT2D eigenvalue weighted by Crippen LogP contribution is 2.35. The van der Waals surface area contributed by atoms with Gasteiger partial charge in [0.25, 0.3) is 5.91 Å². The highest BCUT2D eigenvalue weighted by Gasteiger charge is 2.50. The van der Waals surface area contributed by atoms with Crippen molar-refractivity contribution in [2.75, 3.05) is 7.11 Å². The van der Waals surface area contributed by atoms with Crippen molar-refractivity contribution in [3.8, 4) is 0 Å². The molecule has 22 heavy (non-hydrogen) atoms. The van der Waals surface area contributed by atoms with E-state index in [0.29, 0.717) is 12.5 Å². The number of hydrogen-bond donors (Lipinski definition) is 0. The maximum atomic E-state index is 12.3. The molecule has 0 bridgehead atoms. The molecule has 2 aliphatic heterocycles. The Morgan fingerprint density at radius 2 is 2.00 bits per heavy atom. The minimum absolute atomic E-state index is 0.214. The Morgan fingerprint density at radius 1 is 1.36 bits per heavy atom. The van der Waals surface area contributed by atoms with Gasteiger partial charge in [-0.05, 0) is 12.8 Å². The number of alkyl halides is 3. The van der Waals surface area contributed by atoms with Crippen LogP contribution in [0.1, 0.15) is 19.3 Å². The van der Waals surface area contributed by atoms with E-state index in [1.165, 1.54) is 4.90 Å². The second-order valence-corrected chi connectivity index (χ2v) is 6.35. The normalized spacial score (nSPS) is 25.5. The standard InChI is InChI=1S/C11H12F3NO6S/c1-20-10(17)8-3-2-6-4-7(5-9(16)15(6)8)21-22(18,19)11(12,13)14/h5-6,8H,2-4H2,1H3/t6?,8-/m0/s1. The fourth-order valence-electron chi connectivity index (χ4n) is 2.53. The lowest BCUT2D eigenvalue weighted by atomic mass is 10.1. The summed E-state index contributed by atoms with van der Waals surface area (Å²) < 4.78 is 67.3. The maximum Gasteiger partial charge on any atom is 0.534 e. The van der Waals surface area contributed by atoms with Gasteiger partial charge in [0.2, 0.25) is 0 Å². The first-order valence-corrected chi connectivity index (χ1v) is 7.59. The molecular weight excluding hydrogens is 331 g/mol. The number of methoxy groups -OCH3 is 1. The van der Waals surface area contributed by atoms with Gasteiger partial charge in [0.1, 0.15) is 11.8 Å². The van der Waals surface area contributed by atoms with E-state index in [1.54, 1.807) is 0 Å². The van der Waals surface area contributed by atoms with Gasteiger partial charge in [-0.15, -0.1) is 0 Å². The zero-order valence-corrected chi connectivity index (χ0v) is 12.1. The van der Waals surface area contributed by atoms with E-state index in [9.17, 15) is 31.2 Å². The lowest BCUT2D eigenvalue weighted by Crippen LogP contribution is -2.47. The van der Waals surface area contributed by atoms with Crippen LogP contribution in [0, 0.1) is 0 Å². The average Bonchev–Trinajstić information content (AvgIpc) is 2.80. The van der Waals surface area contributed by atoms with E-state index in [1.807, 2.05) is 0 Å². The predicted molar refractivity (Wildman–Crippen MR) is 64.4 cm³/mol. The Balaban J connectivity index is 2.19. The van der Waals surface area contributed by atoms with E-state index in [4.69, 9.17) is 0 Å². The molecule has 0 spiro atoms. The van der Waals surface area contributed by atoms with Crippen LogP contribution in [0.5, 0.6) is 0 Å². The quantitative estimate of drug-likeness (QED) is 0.425. The molecule has 0 radical (unpaired) electrons. The minimum atomic E-state index is -5.81. The van der Waals surface area contributed by atoms with Crippen molar-refractivity contribution >= 4 is 22.0 Å². The molecule has 124 valence electrons. The van der Waals surface area contributed by atoms with Crippen molar-refractivity contribution in [3.05, 3.63) is 11.8 Å². The van der Waals surface area contributed by atoms with Gasteiger partial charge in [0.05, 0.1) is 7.11 Å². The summed E-state index contributed by atoms with van der Waals surface area (Å²) in [4.78, 5) is 24.7. The monoisotopic (exact) mass is 343 g/mol. The van der Waals surface area contributed by atoms with Crippen LogP contribution < -0.4 is 0 Å². The van der Waals surface area contributed by atoms with Gasteiger partial charge < -0.3 is 13.8 Å². The topological polar surface area (TPSA) is 90.0 Å². The first-order chi connectivity index (χ1) is 10.1. The van der Waals surface area contributed by atoms with Crippen LogP contribution in [0.15, 0.2) is 11.8 Å². The number of nitrogens with zero attached hydrogens (tertiary/aromatic N) is 1. The Kier molecular flexibility index (Phi) is 4.11. The zero-order chi connectivity index (χ0) is 16.7. The summed E-state index contributed by atoms with van der Waals surface area (Å²) in [7, 11) is -4.66. The second kappa shape index (κ2) is 5.45. The van der Waals surface area contributed by atoms with Gasteiger partial charge in [-0.2, -0.15) is 21.6 Å². The third-order valence-electron chi connectivity index (χ3n) is 3.45. The molecule has 1 unspecified atom stereocenters. The fraction of sp³-hybridized carbons (Fsp3) is 0.636. The largest absolute Gasteiger partial charge is 0.534 e. The Bertz CT molecular complexity index is 626. The van der Waals surface area contributed by atoms with Crippen molar-refractivity contribution in [1.29, 1.82) is 0 Å². The van der Waals surface area contributed by atoms with Gasteiger partial charge in [-0.3, -0.25) is 4.79 Å². The number of carbonyl (C=O) groups is 2. The van der Waals surface area contributed by atoms with Crippen LogP contribution in [-0.2, 0) is 28.6 Å². The summed E-state index contributed by atoms with van der Waals surface area (Å²) in [6.45, 7) is 0. The SMILES string of the molecule is COC(=O)[C@@H]1CCC2CC(OS(=O)(=O)C(F)(F)F)=CC(=O)N21. The minimum Gasteiger partial charge on any atom is -0.467 e. The van der Waals surface area contributed by atoms with Crippen molar-refractivity contribution < 1.29 is 40.1 Å². The van der Waals surface area contributed by atoms with Crippen molar-refractivity contribution in [2.45, 2.75) is 36.9 Å². The molecule has 0 aromatic carbocycles. The molecule has 0 aromatic rings. The molecule has 7 nitrogen and oxygen atoms in total. The van der Waals surface area contributed by atoms with Crippen LogP contribution in [0.3, 0.4) is 0 Å². The zero-order valence-electron chi connectivity index (χ0n) is 11.3. The van der Waals surface area contributed by atoms with E-state index in [2.05, 4.69) is 8.92 Å². The molecule has 2 heterocycles. The van der Waals surface area contributed by atoms with Gasteiger partial charge >= 0.3 is 21.6 Å². The Labute approximate surface area is 123 Å². The average molecular weight is 343 g/mol. The van der Waals surface area contributed by atoms with E-state index < -0.39 is 45.3 Å². The molecule has 11 heteroatoms. The number of amides is 1. The molecule has 0 aliphatic carbocycles. The summed E-state index contributed by atoms with van der Waals surface area (Å²) in [6.07, 6.45) is 1.06. The number of ether oxygens (including phenoxy) is 1. The van der Waals surface area contributed by atoms with Crippen molar-refractivity contribution in [2.24, 2.45) is 0 Å². The molecule has 2 rings (SSSR count). The Hall–Kier alpha value is -1.78. The molecule has 0 saturated carbocycles. The van der Waals surface area contributed by atoms with Crippen LogP contribution in [0.2, 0.25) is 0 Å². The number of hydrogen-bond acceptors (Lipinski definition) is 6. The first kappa shape index (κ1) is 16.6. The van der Waals surface area contributed by atoms with E-state index in [-0.39, 0.29) is 12.8 Å². The van der Waals surface area contributed by atoms with E-state index in [0.717, 1.165) is 7.11 Å². The number of fused-ring (bicyclic) bond motifs is 1. The van der Waals surface area contributed by atoms with E-state index >= 15 is 0 Å². The van der Waals surface area contributed by atoms with Gasteiger partial charge in [-0.25, -0.2) is 4.79 Å². The third kappa shape index (κ3) is 2.89. The lowest BCUT2D eigenvalue weighted by Gasteiger charge is -2.31. The van der Waals surface area contributed by atoms with Gasteiger partial charge in [0, 0.05) is 18.5 Å². The third-order valence-corrected chi connectivity index (χ3v) is 4.45. The van der Waals surface area contributed by atoms with Gasteiger partial charge in [0.15, 0.2) is 0 Å². The molecule has 0 N–H and O–H groups in total. The van der Waals surface area contributed by atoms with Crippen LogP contribution in [0.25, 0.3) is 0 Å². The number of halogens is 3. The first-order valence-electron chi connectivity index (χ1n) is 6.18. The molecule has 2 aliphatic rings. The summed E-state index contributed by atoms with van der Waals surface area (Å²) >= 11 is 0. The van der Waals surface area contributed by atoms with Crippen LogP contribution in [-0.4, -0.2) is 49.9 Å². The van der Waals surface area contributed by atoms with Gasteiger partial charge in [-0.1, -0.05) is 0 Å². The molecular formula is C11H12F3NO6S. The summed E-state index contributed by atoms with van der Waals surface area (Å²) in [6, 6.07) is -1.42. The summed E-state index contributed by atoms with van der Waals surface area (Å²) in [5, 5.41) is 0. The summed E-state index contributed by atoms with van der Waals surface area (Å²) in [5.74, 6) is -2.00. The van der Waals surface area contributed by atoms with Crippen molar-refractivity contribution in [1.82, 2.24) is 4.90 Å². The molecule has 2 atom stereocenters.